The van der Waals surface area contributed by atoms with Crippen LogP contribution in [0.3, 0.4) is 0 Å². The average Bonchev–Trinajstić information content (AvgIpc) is 2.48. The highest BCUT2D eigenvalue weighted by molar-refractivity contribution is 5.77. The Hall–Kier alpha value is -1.36. The number of aromatic nitrogens is 1. The molecule has 5 heteroatoms. The maximum absolute atomic E-state index is 11.3. The van der Waals surface area contributed by atoms with Gasteiger partial charge in [0.2, 0.25) is 5.91 Å². The number of aryl methyl sites for hydroxylation is 1. The van der Waals surface area contributed by atoms with Crippen molar-refractivity contribution < 1.29 is 9.21 Å². The highest BCUT2D eigenvalue weighted by Gasteiger charge is 2.07. The number of hydrogen-bond acceptors (Lipinski definition) is 4. The van der Waals surface area contributed by atoms with E-state index >= 15 is 0 Å². The maximum Gasteiger partial charge on any atom is 0.226 e. The maximum atomic E-state index is 11.3. The minimum absolute atomic E-state index is 0.0296. The van der Waals surface area contributed by atoms with Crippen LogP contribution in [0.2, 0.25) is 0 Å². The lowest BCUT2D eigenvalue weighted by Crippen LogP contribution is -2.35. The fourth-order valence-electron chi connectivity index (χ4n) is 0.991. The van der Waals surface area contributed by atoms with Crippen molar-refractivity contribution >= 4 is 5.91 Å². The Bertz CT molecular complexity index is 307. The zero-order chi connectivity index (χ0) is 10.6. The van der Waals surface area contributed by atoms with Crippen molar-refractivity contribution in [3.63, 3.8) is 0 Å². The number of nitrogens with one attached hydrogen (secondary N) is 1. The molecule has 0 saturated carbocycles. The van der Waals surface area contributed by atoms with Crippen molar-refractivity contribution in [1.82, 2.24) is 10.3 Å². The third-order valence-electron chi connectivity index (χ3n) is 1.63. The summed E-state index contributed by atoms with van der Waals surface area (Å²) >= 11 is 0. The van der Waals surface area contributed by atoms with E-state index in [1.165, 1.54) is 6.26 Å². The molecular weight excluding hydrogens is 182 g/mol. The van der Waals surface area contributed by atoms with Crippen LogP contribution in [0.15, 0.2) is 10.7 Å². The van der Waals surface area contributed by atoms with Gasteiger partial charge in [0, 0.05) is 19.5 Å². The number of carbonyl (C=O) groups is 1. The number of oxazole rings is 1. The van der Waals surface area contributed by atoms with E-state index in [-0.39, 0.29) is 18.4 Å². The first kappa shape index (κ1) is 10.7. The van der Waals surface area contributed by atoms with Gasteiger partial charge in [-0.2, -0.15) is 0 Å². The van der Waals surface area contributed by atoms with E-state index in [0.717, 1.165) is 0 Å². The Morgan fingerprint density at radius 3 is 3.00 bits per heavy atom. The van der Waals surface area contributed by atoms with Crippen molar-refractivity contribution in [3.05, 3.63) is 17.8 Å². The molecule has 0 radical (unpaired) electrons. The van der Waals surface area contributed by atoms with Gasteiger partial charge in [0.25, 0.3) is 0 Å². The summed E-state index contributed by atoms with van der Waals surface area (Å²) in [4.78, 5) is 15.3. The Kier molecular flexibility index (Phi) is 3.64. The summed E-state index contributed by atoms with van der Waals surface area (Å²) in [5.74, 6) is 0.482. The van der Waals surface area contributed by atoms with Crippen LogP contribution in [-0.4, -0.2) is 23.5 Å². The van der Waals surface area contributed by atoms with Gasteiger partial charge in [-0.3, -0.25) is 4.79 Å². The van der Waals surface area contributed by atoms with Crippen LogP contribution in [-0.2, 0) is 11.2 Å². The molecule has 0 aromatic carbocycles. The molecule has 0 aliphatic heterocycles. The largest absolute Gasteiger partial charge is 0.449 e. The fraction of sp³-hybridized carbons (Fsp3) is 0.556. The van der Waals surface area contributed by atoms with Gasteiger partial charge < -0.3 is 15.5 Å². The van der Waals surface area contributed by atoms with Gasteiger partial charge in [0.15, 0.2) is 5.89 Å². The number of nitrogens with zero attached hydrogens (tertiary/aromatic N) is 1. The Morgan fingerprint density at radius 2 is 2.50 bits per heavy atom. The van der Waals surface area contributed by atoms with Crippen LogP contribution in [0, 0.1) is 6.92 Å². The topological polar surface area (TPSA) is 81.2 Å². The SMILES string of the molecule is Cc1nc(CC(=O)NCC(C)N)co1. The lowest BCUT2D eigenvalue weighted by Gasteiger charge is -2.05. The second kappa shape index (κ2) is 4.76. The van der Waals surface area contributed by atoms with Gasteiger partial charge in [-0.25, -0.2) is 4.98 Å². The molecule has 0 aliphatic carbocycles. The monoisotopic (exact) mass is 197 g/mol. The molecule has 1 unspecified atom stereocenters. The molecule has 1 atom stereocenters. The Labute approximate surface area is 82.7 Å². The number of amides is 1. The van der Waals surface area contributed by atoms with E-state index in [2.05, 4.69) is 10.3 Å². The zero-order valence-corrected chi connectivity index (χ0v) is 8.41. The minimum Gasteiger partial charge on any atom is -0.449 e. The molecule has 1 aromatic rings. The predicted octanol–water partition coefficient (Wildman–Crippen LogP) is -0.0111. The summed E-state index contributed by atoms with van der Waals surface area (Å²) in [6.45, 7) is 4.06. The van der Waals surface area contributed by atoms with Gasteiger partial charge in [-0.05, 0) is 6.92 Å². The van der Waals surface area contributed by atoms with Gasteiger partial charge in [0.05, 0.1) is 12.1 Å². The van der Waals surface area contributed by atoms with Gasteiger partial charge in [0.1, 0.15) is 6.26 Å². The average molecular weight is 197 g/mol. The van der Waals surface area contributed by atoms with Crippen molar-refractivity contribution in [3.8, 4) is 0 Å². The number of hydrogen-bond donors (Lipinski definition) is 2. The van der Waals surface area contributed by atoms with Crippen molar-refractivity contribution in [2.24, 2.45) is 5.73 Å². The van der Waals surface area contributed by atoms with Crippen LogP contribution >= 0.6 is 0 Å². The van der Waals surface area contributed by atoms with E-state index in [1.54, 1.807) is 6.92 Å². The molecule has 1 aromatic heterocycles. The molecule has 0 spiro atoms. The summed E-state index contributed by atoms with van der Waals surface area (Å²) in [6.07, 6.45) is 1.73. The van der Waals surface area contributed by atoms with Crippen LogP contribution in [0.1, 0.15) is 18.5 Å². The molecule has 0 aliphatic rings. The van der Waals surface area contributed by atoms with Crippen LogP contribution in [0.4, 0.5) is 0 Å². The van der Waals surface area contributed by atoms with Crippen LogP contribution in [0.25, 0.3) is 0 Å². The molecule has 0 saturated heterocycles. The molecule has 1 amide bonds. The molecule has 3 N–H and O–H groups in total. The van der Waals surface area contributed by atoms with E-state index in [4.69, 9.17) is 10.2 Å². The summed E-state index contributed by atoms with van der Waals surface area (Å²) in [5.41, 5.74) is 6.13. The lowest BCUT2D eigenvalue weighted by molar-refractivity contribution is -0.120. The van der Waals surface area contributed by atoms with Crippen molar-refractivity contribution in [1.29, 1.82) is 0 Å². The van der Waals surface area contributed by atoms with Gasteiger partial charge in [-0.15, -0.1) is 0 Å². The number of nitrogens with two attached hydrogens (primary N) is 1. The van der Waals surface area contributed by atoms with Gasteiger partial charge in [-0.1, -0.05) is 0 Å². The van der Waals surface area contributed by atoms with Crippen molar-refractivity contribution in [2.75, 3.05) is 6.54 Å². The molecule has 0 fully saturated rings. The van der Waals surface area contributed by atoms with E-state index in [9.17, 15) is 4.79 Å². The Balaban J connectivity index is 2.34. The predicted molar refractivity (Wildman–Crippen MR) is 51.6 cm³/mol. The second-order valence-corrected chi connectivity index (χ2v) is 3.32. The fourth-order valence-corrected chi connectivity index (χ4v) is 0.991. The molecule has 0 bridgehead atoms. The first-order valence-electron chi connectivity index (χ1n) is 4.51. The second-order valence-electron chi connectivity index (χ2n) is 3.32. The summed E-state index contributed by atoms with van der Waals surface area (Å²) in [5, 5.41) is 2.69. The third-order valence-corrected chi connectivity index (χ3v) is 1.63. The minimum atomic E-state index is -0.0874. The van der Waals surface area contributed by atoms with E-state index in [1.807, 2.05) is 6.92 Å². The highest BCUT2D eigenvalue weighted by Crippen LogP contribution is 2.00. The molecular formula is C9H15N3O2. The van der Waals surface area contributed by atoms with E-state index in [0.29, 0.717) is 18.1 Å². The van der Waals surface area contributed by atoms with E-state index < -0.39 is 0 Å². The first-order chi connectivity index (χ1) is 6.58. The molecule has 1 heterocycles. The lowest BCUT2D eigenvalue weighted by atomic mass is 10.3. The summed E-state index contributed by atoms with van der Waals surface area (Å²) < 4.78 is 4.98. The zero-order valence-electron chi connectivity index (χ0n) is 8.41. The van der Waals surface area contributed by atoms with Crippen LogP contribution < -0.4 is 11.1 Å². The third kappa shape index (κ3) is 3.57. The summed E-state index contributed by atoms with van der Waals surface area (Å²) in [7, 11) is 0. The Morgan fingerprint density at radius 1 is 1.79 bits per heavy atom. The highest BCUT2D eigenvalue weighted by atomic mass is 16.3. The first-order valence-corrected chi connectivity index (χ1v) is 4.51. The molecule has 78 valence electrons. The number of carbonyl (C=O) groups excluding carboxylic acids is 1. The normalized spacial score (nSPS) is 12.5. The molecule has 5 nitrogen and oxygen atoms in total. The van der Waals surface area contributed by atoms with Crippen molar-refractivity contribution in [2.45, 2.75) is 26.3 Å². The standard InChI is InChI=1S/C9H15N3O2/c1-6(10)4-11-9(13)3-8-5-14-7(2)12-8/h5-6H,3-4,10H2,1-2H3,(H,11,13). The quantitative estimate of drug-likeness (QED) is 0.711. The van der Waals surface area contributed by atoms with Crippen LogP contribution in [0.5, 0.6) is 0 Å². The summed E-state index contributed by atoms with van der Waals surface area (Å²) in [6, 6.07) is -0.0296. The molecule has 1 rings (SSSR count). The molecule has 14 heavy (non-hydrogen) atoms. The number of rotatable bonds is 4. The van der Waals surface area contributed by atoms with Gasteiger partial charge >= 0.3 is 0 Å². The smallest absolute Gasteiger partial charge is 0.226 e.